The molecule has 30 heavy (non-hydrogen) atoms. The minimum Gasteiger partial charge on any atom is -0.497 e. The first-order valence-corrected chi connectivity index (χ1v) is 9.78. The Morgan fingerprint density at radius 3 is 2.43 bits per heavy atom. The average molecular weight is 400 g/mol. The van der Waals surface area contributed by atoms with Gasteiger partial charge in [0.25, 0.3) is 0 Å². The molecule has 2 N–H and O–H groups in total. The molecule has 0 fully saturated rings. The molecule has 0 spiro atoms. The van der Waals surface area contributed by atoms with E-state index in [4.69, 9.17) is 14.5 Å². The van der Waals surface area contributed by atoms with Crippen LogP contribution in [0.4, 0.5) is 23.1 Å². The monoisotopic (exact) mass is 400 g/mol. The lowest BCUT2D eigenvalue weighted by molar-refractivity contribution is 0.202. The topological polar surface area (TPSA) is 68.3 Å². The summed E-state index contributed by atoms with van der Waals surface area (Å²) in [5.74, 6) is 2.04. The molecule has 0 radical (unpaired) electrons. The molecule has 152 valence electrons. The second kappa shape index (κ2) is 9.24. The highest BCUT2D eigenvalue weighted by atomic mass is 16.5. The zero-order valence-electron chi connectivity index (χ0n) is 17.1. The Hall–Kier alpha value is -3.64. The Bertz CT molecular complexity index is 1130. The van der Waals surface area contributed by atoms with Gasteiger partial charge in [-0.2, -0.15) is 4.98 Å². The lowest BCUT2D eigenvalue weighted by atomic mass is 10.1. The minimum atomic E-state index is 0.531. The lowest BCUT2D eigenvalue weighted by Gasteiger charge is -2.13. The number of hydrogen-bond acceptors (Lipinski definition) is 6. The largest absolute Gasteiger partial charge is 0.497 e. The van der Waals surface area contributed by atoms with Crippen molar-refractivity contribution in [3.63, 3.8) is 0 Å². The van der Waals surface area contributed by atoms with Gasteiger partial charge in [0.2, 0.25) is 5.95 Å². The van der Waals surface area contributed by atoms with Crippen molar-refractivity contribution in [1.82, 2.24) is 9.97 Å². The molecule has 0 saturated carbocycles. The van der Waals surface area contributed by atoms with Gasteiger partial charge >= 0.3 is 0 Å². The van der Waals surface area contributed by atoms with Gasteiger partial charge in [0, 0.05) is 29.9 Å². The van der Waals surface area contributed by atoms with Crippen LogP contribution in [0.25, 0.3) is 10.9 Å². The normalized spacial score (nSPS) is 10.7. The number of benzene rings is 3. The first kappa shape index (κ1) is 19.7. The van der Waals surface area contributed by atoms with Crippen LogP contribution in [0, 0.1) is 0 Å². The Morgan fingerprint density at radius 1 is 0.800 bits per heavy atom. The van der Waals surface area contributed by atoms with Gasteiger partial charge in [-0.3, -0.25) is 0 Å². The third kappa shape index (κ3) is 4.67. The number of methoxy groups -OCH3 is 2. The van der Waals surface area contributed by atoms with Gasteiger partial charge in [-0.1, -0.05) is 30.3 Å². The summed E-state index contributed by atoms with van der Waals surface area (Å²) in [5, 5.41) is 7.65. The Kier molecular flexibility index (Phi) is 6.06. The number of para-hydroxylation sites is 1. The number of rotatable bonds is 8. The second-order valence-corrected chi connectivity index (χ2v) is 6.83. The van der Waals surface area contributed by atoms with Crippen LogP contribution in [0.3, 0.4) is 0 Å². The summed E-state index contributed by atoms with van der Waals surface area (Å²) in [7, 11) is 3.37. The van der Waals surface area contributed by atoms with E-state index in [9.17, 15) is 0 Å². The summed E-state index contributed by atoms with van der Waals surface area (Å²) in [6, 6.07) is 23.9. The molecular weight excluding hydrogens is 376 g/mol. The van der Waals surface area contributed by atoms with Crippen LogP contribution in [0.15, 0.2) is 72.8 Å². The molecule has 0 atom stereocenters. The van der Waals surface area contributed by atoms with Crippen LogP contribution in [-0.2, 0) is 11.2 Å². The van der Waals surface area contributed by atoms with E-state index in [1.807, 2.05) is 60.7 Å². The summed E-state index contributed by atoms with van der Waals surface area (Å²) in [4.78, 5) is 9.40. The SMILES string of the molecule is COCCc1ccc(Nc2nc(Nc3cccc(OC)c3)c3ccccc3n2)cc1. The fourth-order valence-corrected chi connectivity index (χ4v) is 3.17. The molecule has 0 aliphatic carbocycles. The van der Waals surface area contributed by atoms with E-state index in [2.05, 4.69) is 27.8 Å². The molecular formula is C24H24N4O2. The maximum Gasteiger partial charge on any atom is 0.229 e. The number of nitrogens with zero attached hydrogens (tertiary/aromatic N) is 2. The molecule has 0 unspecified atom stereocenters. The van der Waals surface area contributed by atoms with Crippen LogP contribution in [0.2, 0.25) is 0 Å². The summed E-state index contributed by atoms with van der Waals surface area (Å²) in [5.41, 5.74) is 3.91. The number of aromatic nitrogens is 2. The first-order chi connectivity index (χ1) is 14.7. The molecule has 0 amide bonds. The van der Waals surface area contributed by atoms with Crippen LogP contribution in [-0.4, -0.2) is 30.8 Å². The lowest BCUT2D eigenvalue weighted by Crippen LogP contribution is -2.02. The highest BCUT2D eigenvalue weighted by Gasteiger charge is 2.09. The highest BCUT2D eigenvalue weighted by molar-refractivity contribution is 5.92. The van der Waals surface area contributed by atoms with E-state index in [0.717, 1.165) is 40.3 Å². The molecule has 1 heterocycles. The molecule has 4 rings (SSSR count). The van der Waals surface area contributed by atoms with E-state index in [1.165, 1.54) is 5.56 Å². The maximum absolute atomic E-state index is 5.32. The molecule has 0 bridgehead atoms. The summed E-state index contributed by atoms with van der Waals surface area (Å²) in [6.45, 7) is 0.708. The fraction of sp³-hybridized carbons (Fsp3) is 0.167. The average Bonchev–Trinajstić information content (AvgIpc) is 2.79. The standard InChI is InChI=1S/C24H24N4O2/c1-29-15-14-17-10-12-18(13-11-17)26-24-27-22-9-4-3-8-21(22)23(28-24)25-19-6-5-7-20(16-19)30-2/h3-13,16H,14-15H2,1-2H3,(H2,25,26,27,28). The number of ether oxygens (including phenoxy) is 2. The van der Waals surface area contributed by atoms with Crippen LogP contribution >= 0.6 is 0 Å². The molecule has 0 saturated heterocycles. The molecule has 1 aromatic heterocycles. The van der Waals surface area contributed by atoms with Crippen LogP contribution in [0.5, 0.6) is 5.75 Å². The Balaban J connectivity index is 1.62. The number of anilines is 4. The number of nitrogens with one attached hydrogen (secondary N) is 2. The summed E-state index contributed by atoms with van der Waals surface area (Å²) < 4.78 is 10.5. The van der Waals surface area contributed by atoms with Crippen LogP contribution < -0.4 is 15.4 Å². The maximum atomic E-state index is 5.32. The van der Waals surface area contributed by atoms with Crippen molar-refractivity contribution < 1.29 is 9.47 Å². The third-order valence-corrected chi connectivity index (χ3v) is 4.74. The van der Waals surface area contributed by atoms with E-state index in [0.29, 0.717) is 12.6 Å². The molecule has 6 heteroatoms. The van der Waals surface area contributed by atoms with Gasteiger partial charge in [0.15, 0.2) is 0 Å². The Labute approximate surface area is 175 Å². The van der Waals surface area contributed by atoms with Gasteiger partial charge < -0.3 is 20.1 Å². The van der Waals surface area contributed by atoms with Crippen molar-refractivity contribution in [1.29, 1.82) is 0 Å². The van der Waals surface area contributed by atoms with Crippen molar-refractivity contribution in [2.45, 2.75) is 6.42 Å². The number of hydrogen-bond donors (Lipinski definition) is 2. The van der Waals surface area contributed by atoms with Gasteiger partial charge in [-0.05, 0) is 48.4 Å². The van der Waals surface area contributed by atoms with Gasteiger partial charge in [0.1, 0.15) is 11.6 Å². The van der Waals surface area contributed by atoms with Crippen molar-refractivity contribution in [3.05, 3.63) is 78.4 Å². The molecule has 6 nitrogen and oxygen atoms in total. The molecule has 0 aliphatic heterocycles. The van der Waals surface area contributed by atoms with Crippen molar-refractivity contribution >= 4 is 34.0 Å². The number of fused-ring (bicyclic) bond motifs is 1. The quantitative estimate of drug-likeness (QED) is 0.417. The predicted molar refractivity (Wildman–Crippen MR) is 121 cm³/mol. The van der Waals surface area contributed by atoms with Gasteiger partial charge in [-0.25, -0.2) is 4.98 Å². The van der Waals surface area contributed by atoms with Crippen molar-refractivity contribution in [2.75, 3.05) is 31.5 Å². The van der Waals surface area contributed by atoms with E-state index in [1.54, 1.807) is 14.2 Å². The zero-order valence-corrected chi connectivity index (χ0v) is 17.1. The van der Waals surface area contributed by atoms with Crippen molar-refractivity contribution in [3.8, 4) is 5.75 Å². The second-order valence-electron chi connectivity index (χ2n) is 6.83. The predicted octanol–water partition coefficient (Wildman–Crippen LogP) is 5.31. The van der Waals surface area contributed by atoms with Crippen LogP contribution in [0.1, 0.15) is 5.56 Å². The molecule has 3 aromatic carbocycles. The first-order valence-electron chi connectivity index (χ1n) is 9.78. The Morgan fingerprint density at radius 2 is 1.63 bits per heavy atom. The fourth-order valence-electron chi connectivity index (χ4n) is 3.17. The molecule has 4 aromatic rings. The summed E-state index contributed by atoms with van der Waals surface area (Å²) >= 11 is 0. The van der Waals surface area contributed by atoms with E-state index in [-0.39, 0.29) is 0 Å². The van der Waals surface area contributed by atoms with Gasteiger partial charge in [0.05, 0.1) is 19.2 Å². The summed E-state index contributed by atoms with van der Waals surface area (Å²) in [6.07, 6.45) is 0.887. The van der Waals surface area contributed by atoms with Crippen molar-refractivity contribution in [2.24, 2.45) is 0 Å². The zero-order chi connectivity index (χ0) is 20.8. The van der Waals surface area contributed by atoms with E-state index >= 15 is 0 Å². The minimum absolute atomic E-state index is 0.531. The van der Waals surface area contributed by atoms with E-state index < -0.39 is 0 Å². The highest BCUT2D eigenvalue weighted by Crippen LogP contribution is 2.27. The third-order valence-electron chi connectivity index (χ3n) is 4.74. The molecule has 0 aliphatic rings. The van der Waals surface area contributed by atoms with Gasteiger partial charge in [-0.15, -0.1) is 0 Å². The smallest absolute Gasteiger partial charge is 0.229 e.